The molecule has 0 aromatic carbocycles. The third kappa shape index (κ3) is 2.84. The number of aromatic amines is 1. The Bertz CT molecular complexity index is 630. The Balaban J connectivity index is 1.77. The summed E-state index contributed by atoms with van der Waals surface area (Å²) in [6, 6.07) is 0.116. The minimum Gasteiger partial charge on any atom is -0.332 e. The third-order valence-corrected chi connectivity index (χ3v) is 4.08. The summed E-state index contributed by atoms with van der Waals surface area (Å²) in [4.78, 5) is 14.6. The van der Waals surface area contributed by atoms with Crippen molar-refractivity contribution in [3.05, 3.63) is 35.4 Å². The van der Waals surface area contributed by atoms with Gasteiger partial charge in [0.15, 0.2) is 0 Å². The molecule has 2 aromatic heterocycles. The number of hydrogen-bond acceptors (Lipinski definition) is 3. The maximum atomic E-state index is 12.6. The Hall–Kier alpha value is -2.11. The van der Waals surface area contributed by atoms with Crippen LogP contribution in [0, 0.1) is 13.8 Å². The van der Waals surface area contributed by atoms with E-state index in [1.54, 1.807) is 10.9 Å². The van der Waals surface area contributed by atoms with E-state index in [0.717, 1.165) is 42.6 Å². The Morgan fingerprint density at radius 1 is 1.38 bits per heavy atom. The summed E-state index contributed by atoms with van der Waals surface area (Å²) in [6.45, 7) is 5.12. The molecule has 112 valence electrons. The molecule has 6 heteroatoms. The molecule has 3 rings (SSSR count). The molecular weight excluding hydrogens is 266 g/mol. The smallest absolute Gasteiger partial charge is 0.244 e. The van der Waals surface area contributed by atoms with Crippen molar-refractivity contribution >= 4 is 5.91 Å². The monoisotopic (exact) mass is 287 g/mol. The van der Waals surface area contributed by atoms with Crippen LogP contribution in [0.2, 0.25) is 0 Å². The predicted molar refractivity (Wildman–Crippen MR) is 78.6 cm³/mol. The number of aromatic nitrogens is 4. The number of H-pyrrole nitrogens is 1. The lowest BCUT2D eigenvalue weighted by molar-refractivity contribution is -0.136. The van der Waals surface area contributed by atoms with Crippen LogP contribution in [0.25, 0.3) is 0 Å². The average molecular weight is 287 g/mol. The van der Waals surface area contributed by atoms with E-state index in [2.05, 4.69) is 15.3 Å². The van der Waals surface area contributed by atoms with Crippen LogP contribution in [0.15, 0.2) is 18.6 Å². The van der Waals surface area contributed by atoms with Gasteiger partial charge in [0.2, 0.25) is 5.91 Å². The van der Waals surface area contributed by atoms with Crippen molar-refractivity contribution in [3.63, 3.8) is 0 Å². The normalized spacial score (nSPS) is 19.0. The van der Waals surface area contributed by atoms with Gasteiger partial charge < -0.3 is 4.90 Å². The number of nitrogens with one attached hydrogen (secondary N) is 1. The molecular formula is C15H21N5O. The molecule has 1 saturated heterocycles. The Morgan fingerprint density at radius 3 is 2.90 bits per heavy atom. The number of hydrogen-bond donors (Lipinski definition) is 1. The number of piperidine rings is 1. The van der Waals surface area contributed by atoms with Gasteiger partial charge in [-0.3, -0.25) is 14.6 Å². The van der Waals surface area contributed by atoms with E-state index >= 15 is 0 Å². The van der Waals surface area contributed by atoms with Crippen LogP contribution in [0.5, 0.6) is 0 Å². The molecule has 1 aliphatic rings. The minimum absolute atomic E-state index is 0.116. The van der Waals surface area contributed by atoms with E-state index in [-0.39, 0.29) is 11.9 Å². The van der Waals surface area contributed by atoms with Gasteiger partial charge in [-0.15, -0.1) is 0 Å². The first-order chi connectivity index (χ1) is 10.1. The first-order valence-corrected chi connectivity index (χ1v) is 7.43. The second-order valence-electron chi connectivity index (χ2n) is 5.78. The summed E-state index contributed by atoms with van der Waals surface area (Å²) in [6.07, 6.45) is 8.70. The van der Waals surface area contributed by atoms with E-state index in [9.17, 15) is 4.79 Å². The summed E-state index contributed by atoms with van der Waals surface area (Å²) in [5.41, 5.74) is 3.26. The quantitative estimate of drug-likeness (QED) is 0.938. The van der Waals surface area contributed by atoms with Crippen molar-refractivity contribution in [1.82, 2.24) is 24.9 Å². The second-order valence-corrected chi connectivity index (χ2v) is 5.78. The van der Waals surface area contributed by atoms with Gasteiger partial charge in [-0.2, -0.15) is 10.2 Å². The van der Waals surface area contributed by atoms with Crippen molar-refractivity contribution in [2.75, 3.05) is 6.54 Å². The highest BCUT2D eigenvalue weighted by Crippen LogP contribution is 2.31. The SMILES string of the molecule is Cc1cnn(CC(=O)N2CCCC[C@H]2c2[nH]ncc2C)c1. The van der Waals surface area contributed by atoms with Gasteiger partial charge >= 0.3 is 0 Å². The fraction of sp³-hybridized carbons (Fsp3) is 0.533. The van der Waals surface area contributed by atoms with Crippen LogP contribution < -0.4 is 0 Å². The van der Waals surface area contributed by atoms with E-state index < -0.39 is 0 Å². The summed E-state index contributed by atoms with van der Waals surface area (Å²) < 4.78 is 1.71. The maximum Gasteiger partial charge on any atom is 0.244 e. The predicted octanol–water partition coefficient (Wildman–Crippen LogP) is 1.98. The van der Waals surface area contributed by atoms with Crippen LogP contribution in [0.1, 0.15) is 42.1 Å². The van der Waals surface area contributed by atoms with E-state index in [4.69, 9.17) is 0 Å². The number of likely N-dealkylation sites (tertiary alicyclic amines) is 1. The van der Waals surface area contributed by atoms with Gasteiger partial charge in [0.1, 0.15) is 6.54 Å². The van der Waals surface area contributed by atoms with E-state index in [1.165, 1.54) is 0 Å². The molecule has 1 atom stereocenters. The van der Waals surface area contributed by atoms with E-state index in [1.807, 2.05) is 31.1 Å². The molecule has 0 spiro atoms. The minimum atomic E-state index is 0.116. The van der Waals surface area contributed by atoms with Crippen LogP contribution in [0.3, 0.4) is 0 Å². The standard InChI is InChI=1S/C15H21N5O/c1-11-7-17-19(9-11)10-14(21)20-6-4-3-5-13(20)15-12(2)8-16-18-15/h7-9,13H,3-6,10H2,1-2H3,(H,16,18)/t13-/m0/s1. The molecule has 6 nitrogen and oxygen atoms in total. The average Bonchev–Trinajstić information content (AvgIpc) is 3.07. The number of rotatable bonds is 3. The first kappa shape index (κ1) is 13.9. The zero-order valence-electron chi connectivity index (χ0n) is 12.5. The molecule has 0 radical (unpaired) electrons. The Labute approximate surface area is 124 Å². The van der Waals surface area contributed by atoms with Crippen LogP contribution in [-0.2, 0) is 11.3 Å². The lowest BCUT2D eigenvalue weighted by atomic mass is 9.97. The first-order valence-electron chi connectivity index (χ1n) is 7.43. The van der Waals surface area contributed by atoms with Gasteiger partial charge in [-0.05, 0) is 44.2 Å². The van der Waals surface area contributed by atoms with Crippen molar-refractivity contribution < 1.29 is 4.79 Å². The van der Waals surface area contributed by atoms with Gasteiger partial charge in [0.25, 0.3) is 0 Å². The topological polar surface area (TPSA) is 66.8 Å². The fourth-order valence-electron chi connectivity index (χ4n) is 3.01. The summed E-state index contributed by atoms with van der Waals surface area (Å²) in [5, 5.41) is 11.4. The number of amides is 1. The van der Waals surface area contributed by atoms with Gasteiger partial charge in [-0.25, -0.2) is 0 Å². The van der Waals surface area contributed by atoms with Crippen molar-refractivity contribution in [2.24, 2.45) is 0 Å². The molecule has 21 heavy (non-hydrogen) atoms. The Kier molecular flexibility index (Phi) is 3.77. The third-order valence-electron chi connectivity index (χ3n) is 4.08. The molecule has 0 aliphatic carbocycles. The lowest BCUT2D eigenvalue weighted by Gasteiger charge is -2.35. The molecule has 2 aromatic rings. The highest BCUT2D eigenvalue weighted by Gasteiger charge is 2.30. The van der Waals surface area contributed by atoms with Crippen LogP contribution in [-0.4, -0.2) is 37.3 Å². The largest absolute Gasteiger partial charge is 0.332 e. The van der Waals surface area contributed by atoms with Gasteiger partial charge in [-0.1, -0.05) is 0 Å². The molecule has 3 heterocycles. The summed E-state index contributed by atoms with van der Waals surface area (Å²) in [5.74, 6) is 0.122. The van der Waals surface area contributed by atoms with Gasteiger partial charge in [0, 0.05) is 12.7 Å². The zero-order chi connectivity index (χ0) is 14.8. The zero-order valence-corrected chi connectivity index (χ0v) is 12.5. The van der Waals surface area contributed by atoms with Crippen molar-refractivity contribution in [1.29, 1.82) is 0 Å². The van der Waals surface area contributed by atoms with Gasteiger partial charge in [0.05, 0.1) is 24.1 Å². The highest BCUT2D eigenvalue weighted by atomic mass is 16.2. The molecule has 1 aliphatic heterocycles. The number of aryl methyl sites for hydroxylation is 2. The van der Waals surface area contributed by atoms with Crippen molar-refractivity contribution in [2.45, 2.75) is 45.7 Å². The molecule has 0 saturated carbocycles. The molecule has 1 amide bonds. The highest BCUT2D eigenvalue weighted by molar-refractivity contribution is 5.76. The summed E-state index contributed by atoms with van der Waals surface area (Å²) >= 11 is 0. The summed E-state index contributed by atoms with van der Waals surface area (Å²) in [7, 11) is 0. The molecule has 1 fully saturated rings. The van der Waals surface area contributed by atoms with Crippen molar-refractivity contribution in [3.8, 4) is 0 Å². The molecule has 1 N–H and O–H groups in total. The lowest BCUT2D eigenvalue weighted by Crippen LogP contribution is -2.40. The van der Waals surface area contributed by atoms with Crippen LogP contribution >= 0.6 is 0 Å². The number of carbonyl (C=O) groups is 1. The van der Waals surface area contributed by atoms with Crippen LogP contribution in [0.4, 0.5) is 0 Å². The molecule has 0 unspecified atom stereocenters. The second kappa shape index (κ2) is 5.71. The fourth-order valence-corrected chi connectivity index (χ4v) is 3.01. The van der Waals surface area contributed by atoms with E-state index in [0.29, 0.717) is 6.54 Å². The number of nitrogens with zero attached hydrogens (tertiary/aromatic N) is 4. The number of carbonyl (C=O) groups excluding carboxylic acids is 1. The molecule has 0 bridgehead atoms. The Morgan fingerprint density at radius 2 is 2.24 bits per heavy atom. The maximum absolute atomic E-state index is 12.6.